The zero-order valence-electron chi connectivity index (χ0n) is 8.84. The highest BCUT2D eigenvalue weighted by Crippen LogP contribution is 2.49. The predicted octanol–water partition coefficient (Wildman–Crippen LogP) is 2.33. The minimum Gasteiger partial charge on any atom is -0.328 e. The lowest BCUT2D eigenvalue weighted by molar-refractivity contribution is 0.121. The summed E-state index contributed by atoms with van der Waals surface area (Å²) in [6, 6.07) is 0. The molecule has 90 valence electrons. The number of hydrogen-bond acceptors (Lipinski definition) is 3. The Balaban J connectivity index is 2.52. The molecule has 0 heterocycles. The molecule has 1 rings (SSSR count). The van der Waals surface area contributed by atoms with Crippen LogP contribution in [0.3, 0.4) is 0 Å². The van der Waals surface area contributed by atoms with Gasteiger partial charge in [-0.2, -0.15) is 0 Å². The van der Waals surface area contributed by atoms with Crippen LogP contribution in [0.2, 0.25) is 0 Å². The highest BCUT2D eigenvalue weighted by atomic mass is 32.7. The summed E-state index contributed by atoms with van der Waals surface area (Å²) in [5.41, 5.74) is 5.57. The molecule has 0 aromatic carbocycles. The molecule has 0 spiro atoms. The normalized spacial score (nSPS) is 25.5. The van der Waals surface area contributed by atoms with Gasteiger partial charge < -0.3 is 10.6 Å². The van der Waals surface area contributed by atoms with Crippen LogP contribution in [0.1, 0.15) is 38.5 Å². The van der Waals surface area contributed by atoms with Gasteiger partial charge in [0.2, 0.25) is 0 Å². The van der Waals surface area contributed by atoms with Crippen molar-refractivity contribution in [3.8, 4) is 0 Å². The van der Waals surface area contributed by atoms with Crippen molar-refractivity contribution in [2.75, 3.05) is 6.54 Å². The first-order valence-corrected chi connectivity index (χ1v) is 8.20. The van der Waals surface area contributed by atoms with E-state index in [2.05, 4.69) is 12.2 Å². The second-order valence-corrected chi connectivity index (χ2v) is 6.83. The molecule has 6 heteroatoms. The van der Waals surface area contributed by atoms with Crippen molar-refractivity contribution < 1.29 is 14.0 Å². The molecule has 0 saturated heterocycles. The molecule has 0 aliphatic heterocycles. The monoisotopic (exact) mass is 253 g/mol. The van der Waals surface area contributed by atoms with Crippen molar-refractivity contribution >= 4 is 19.0 Å². The van der Waals surface area contributed by atoms with Crippen LogP contribution in [0.15, 0.2) is 0 Å². The van der Waals surface area contributed by atoms with Gasteiger partial charge in [-0.15, -0.1) is 0 Å². The molecule has 3 N–H and O–H groups in total. The van der Waals surface area contributed by atoms with E-state index in [-0.39, 0.29) is 12.6 Å². The van der Waals surface area contributed by atoms with E-state index in [4.69, 9.17) is 15.2 Å². The lowest BCUT2D eigenvalue weighted by Crippen LogP contribution is -2.30. The molecule has 1 fully saturated rings. The van der Waals surface area contributed by atoms with Gasteiger partial charge in [0.1, 0.15) is 0 Å². The van der Waals surface area contributed by atoms with Crippen molar-refractivity contribution in [2.24, 2.45) is 11.7 Å². The van der Waals surface area contributed by atoms with Gasteiger partial charge in [-0.05, 0) is 18.8 Å². The molecule has 1 saturated carbocycles. The number of nitrogens with two attached hydrogens (primary N) is 1. The average molecular weight is 253 g/mol. The van der Waals surface area contributed by atoms with Crippen LogP contribution in [0.5, 0.6) is 0 Å². The zero-order valence-corrected chi connectivity index (χ0v) is 10.6. The van der Waals surface area contributed by atoms with Crippen LogP contribution in [0, 0.1) is 5.92 Å². The van der Waals surface area contributed by atoms with Gasteiger partial charge in [0.05, 0.1) is 6.10 Å². The third kappa shape index (κ3) is 5.36. The van der Waals surface area contributed by atoms with Crippen molar-refractivity contribution in [2.45, 2.75) is 44.6 Å². The van der Waals surface area contributed by atoms with E-state index < -0.39 is 6.80 Å². The molecule has 2 unspecified atom stereocenters. The highest BCUT2D eigenvalue weighted by molar-refractivity contribution is 8.44. The summed E-state index contributed by atoms with van der Waals surface area (Å²) >= 11 is 3.53. The molecule has 2 atom stereocenters. The summed E-state index contributed by atoms with van der Waals surface area (Å²) in [4.78, 5) is 9.06. The Morgan fingerprint density at radius 1 is 1.40 bits per heavy atom. The summed E-state index contributed by atoms with van der Waals surface area (Å²) < 4.78 is 16.1. The molecule has 1 aliphatic carbocycles. The summed E-state index contributed by atoms with van der Waals surface area (Å²) in [6.45, 7) is -3.42. The van der Waals surface area contributed by atoms with Crippen LogP contribution in [-0.2, 0) is 9.09 Å². The molecule has 0 aromatic rings. The summed E-state index contributed by atoms with van der Waals surface area (Å²) in [6.07, 6.45) is 6.55. The summed E-state index contributed by atoms with van der Waals surface area (Å²) in [5.74, 6) is 0.310. The molecule has 15 heavy (non-hydrogen) atoms. The van der Waals surface area contributed by atoms with E-state index in [1.54, 1.807) is 0 Å². The van der Waals surface area contributed by atoms with Gasteiger partial charge in [-0.1, -0.05) is 37.9 Å². The topological polar surface area (TPSA) is 72.5 Å². The van der Waals surface area contributed by atoms with Crippen LogP contribution in [0.25, 0.3) is 0 Å². The summed E-state index contributed by atoms with van der Waals surface area (Å²) in [5, 5.41) is 0. The van der Waals surface area contributed by atoms with Gasteiger partial charge in [0, 0.05) is 6.54 Å². The largest absolute Gasteiger partial charge is 0.383 e. The Morgan fingerprint density at radius 2 is 1.93 bits per heavy atom. The molecule has 0 bridgehead atoms. The molecule has 0 amide bonds. The fourth-order valence-corrected chi connectivity index (χ4v) is 3.15. The first-order chi connectivity index (χ1) is 7.03. The molecular weight excluding hydrogens is 233 g/mol. The molecule has 4 nitrogen and oxygen atoms in total. The smallest absolute Gasteiger partial charge is 0.328 e. The fourth-order valence-electron chi connectivity index (χ4n) is 2.18. The molecule has 1 aliphatic rings. The molecule has 0 aromatic heterocycles. The van der Waals surface area contributed by atoms with E-state index >= 15 is 0 Å². The van der Waals surface area contributed by atoms with Crippen molar-refractivity contribution in [3.63, 3.8) is 0 Å². The average Bonchev–Trinajstić information content (AvgIpc) is 2.40. The lowest BCUT2D eigenvalue weighted by atomic mass is 9.94. The van der Waals surface area contributed by atoms with Crippen LogP contribution < -0.4 is 5.73 Å². The Kier molecular flexibility index (Phi) is 5.64. The van der Waals surface area contributed by atoms with Gasteiger partial charge >= 0.3 is 6.80 Å². The Labute approximate surface area is 96.3 Å². The number of thiol groups is 1. The Hall–Kier alpha value is 0.460. The van der Waals surface area contributed by atoms with Gasteiger partial charge in [-0.25, -0.2) is 4.57 Å². The van der Waals surface area contributed by atoms with Gasteiger partial charge in [0.15, 0.2) is 0 Å². The third-order valence-corrected chi connectivity index (χ3v) is 3.76. The van der Waals surface area contributed by atoms with Crippen LogP contribution in [0.4, 0.5) is 0 Å². The minimum absolute atomic E-state index is 0.287. The van der Waals surface area contributed by atoms with Crippen molar-refractivity contribution in [1.82, 2.24) is 0 Å². The third-order valence-electron chi connectivity index (χ3n) is 2.93. The number of rotatable bonds is 4. The second-order valence-electron chi connectivity index (χ2n) is 4.12. The van der Waals surface area contributed by atoms with Crippen molar-refractivity contribution in [3.05, 3.63) is 0 Å². The van der Waals surface area contributed by atoms with E-state index in [0.29, 0.717) is 5.92 Å². The van der Waals surface area contributed by atoms with Crippen LogP contribution >= 0.6 is 19.0 Å². The fraction of sp³-hybridized carbons (Fsp3) is 1.00. The maximum atomic E-state index is 11.1. The first-order valence-electron chi connectivity index (χ1n) is 5.47. The van der Waals surface area contributed by atoms with Gasteiger partial charge in [0.25, 0.3) is 0 Å². The SMILES string of the molecule is NCC(OP(=O)(O)S)C1CCCCCC1. The maximum Gasteiger partial charge on any atom is 0.383 e. The predicted molar refractivity (Wildman–Crippen MR) is 63.9 cm³/mol. The number of hydrogen-bond donors (Lipinski definition) is 3. The van der Waals surface area contributed by atoms with Crippen molar-refractivity contribution in [1.29, 1.82) is 0 Å². The standard InChI is InChI=1S/C9H20NO3PS/c10-7-9(13-14(11,12)15)8-5-3-1-2-4-6-8/h8-9H,1-7,10H2,(H2,11,12,15). The molecule has 0 radical (unpaired) electrons. The van der Waals surface area contributed by atoms with E-state index in [1.807, 2.05) is 0 Å². The van der Waals surface area contributed by atoms with Gasteiger partial charge in [-0.3, -0.25) is 4.52 Å². The maximum absolute atomic E-state index is 11.1. The molecular formula is C9H20NO3PS. The van der Waals surface area contributed by atoms with E-state index in [1.165, 1.54) is 12.8 Å². The second kappa shape index (κ2) is 6.26. The lowest BCUT2D eigenvalue weighted by Gasteiger charge is -2.25. The first kappa shape index (κ1) is 13.5. The quantitative estimate of drug-likeness (QED) is 0.408. The minimum atomic E-state index is -3.70. The Morgan fingerprint density at radius 3 is 2.33 bits per heavy atom. The van der Waals surface area contributed by atoms with E-state index in [9.17, 15) is 4.57 Å². The van der Waals surface area contributed by atoms with Crippen LogP contribution in [-0.4, -0.2) is 17.5 Å². The van der Waals surface area contributed by atoms with E-state index in [0.717, 1.165) is 25.7 Å². The summed E-state index contributed by atoms with van der Waals surface area (Å²) in [7, 11) is 0. The zero-order chi connectivity index (χ0) is 11.3. The Bertz CT molecular complexity index is 225. The highest BCUT2D eigenvalue weighted by Gasteiger charge is 2.27.